The molecular weight excluding hydrogens is 559 g/mol. The fraction of sp³-hybridized carbons (Fsp3) is 0.704. The van der Waals surface area contributed by atoms with Crippen LogP contribution in [0.4, 0.5) is 0 Å². The van der Waals surface area contributed by atoms with Crippen molar-refractivity contribution in [2.75, 3.05) is 20.0 Å². The molecule has 0 unspecified atom stereocenters. The number of carbonyl (C=O) groups excluding carboxylic acids is 2. The molecule has 0 aromatic carbocycles. The summed E-state index contributed by atoms with van der Waals surface area (Å²) in [5, 5.41) is 10.9. The standard InChI is InChI=1S/C18H37O8P.C9H7NO.2Na.5H2/c1-2-3-4-5-6-7-8-9-10-11-12-13-18(20)26-17(14-24-16-19)15-25-27(21,22)23;1-3-4-5-6-7-8-10-9(2)11;;;;;;;/h17,19H,2-16H2,1H3,(H2,21,22,23);1-2H3,(H,10,11);;;5*1H/q;;2*+1;;;;;/p-2/t17-;;;;;;;;/m0......../s1. The molecule has 0 radical (unpaired) electrons. The second-order valence-corrected chi connectivity index (χ2v) is 9.35. The Kier molecular flexibility index (Phi) is 40.6. The summed E-state index contributed by atoms with van der Waals surface area (Å²) >= 11 is 0. The topological polar surface area (TPSA) is 157 Å². The SMILES string of the molecule is CC#CC#CC#CNC(C)=O.CCCCCCCCCCCCCC(=O)O[C@@H](COCO)COP(=O)([O-])[O-].[HH].[HH].[HH].[HH].[HH].[Na+].[Na+]. The van der Waals surface area contributed by atoms with Gasteiger partial charge in [-0.05, 0) is 25.2 Å². The van der Waals surface area contributed by atoms with Gasteiger partial charge in [0.1, 0.15) is 12.9 Å². The molecule has 1 amide bonds. The average Bonchev–Trinajstić information content (AvgIpc) is 2.86. The van der Waals surface area contributed by atoms with Crippen LogP contribution in [0.5, 0.6) is 0 Å². The molecule has 10 nitrogen and oxygen atoms in total. The number of amides is 1. The van der Waals surface area contributed by atoms with Gasteiger partial charge in [0.25, 0.3) is 0 Å². The number of hydrogen-bond acceptors (Lipinski definition) is 9. The van der Waals surface area contributed by atoms with Crippen molar-refractivity contribution in [3.63, 3.8) is 0 Å². The van der Waals surface area contributed by atoms with Crippen molar-refractivity contribution < 1.29 is 109 Å². The molecule has 40 heavy (non-hydrogen) atoms. The van der Waals surface area contributed by atoms with Gasteiger partial charge in [0.2, 0.25) is 5.91 Å². The molecule has 1 atom stereocenters. The number of unbranched alkanes of at least 4 members (excludes halogenated alkanes) is 10. The van der Waals surface area contributed by atoms with Gasteiger partial charge in [-0.1, -0.05) is 77.1 Å². The van der Waals surface area contributed by atoms with Crippen LogP contribution in [0.15, 0.2) is 0 Å². The monoisotopic (exact) mass is 611 g/mol. The zero-order chi connectivity index (χ0) is 28.9. The van der Waals surface area contributed by atoms with Gasteiger partial charge in [0, 0.05) is 38.4 Å². The summed E-state index contributed by atoms with van der Waals surface area (Å²) < 4.78 is 24.3. The Morgan fingerprint density at radius 3 is 1.90 bits per heavy atom. The Labute approximate surface area is 292 Å². The maximum absolute atomic E-state index is 11.8. The zero-order valence-corrected chi connectivity index (χ0v) is 29.7. The van der Waals surface area contributed by atoms with Gasteiger partial charge in [-0.2, -0.15) is 0 Å². The maximum atomic E-state index is 11.8. The Hall–Kier alpha value is -0.350. The van der Waals surface area contributed by atoms with E-state index in [-0.39, 0.29) is 85.2 Å². The molecule has 0 aromatic heterocycles. The number of phosphoric acid groups is 1. The first-order chi connectivity index (χ1) is 18.2. The number of rotatable bonds is 19. The second kappa shape index (κ2) is 34.8. The van der Waals surface area contributed by atoms with E-state index in [0.717, 1.165) is 19.3 Å². The predicted octanol–water partition coefficient (Wildman–Crippen LogP) is -2.24. The summed E-state index contributed by atoms with van der Waals surface area (Å²) in [6.07, 6.45) is 12.0. The summed E-state index contributed by atoms with van der Waals surface area (Å²) in [7, 11) is -5.15. The number of aliphatic hydroxyl groups is 1. The minimum Gasteiger partial charge on any atom is -0.790 e. The Bertz CT molecular complexity index is 887. The fourth-order valence-corrected chi connectivity index (χ4v) is 3.28. The summed E-state index contributed by atoms with van der Waals surface area (Å²) in [6, 6.07) is 2.35. The molecule has 0 aliphatic heterocycles. The van der Waals surface area contributed by atoms with Crippen LogP contribution in [-0.4, -0.2) is 43.1 Å². The van der Waals surface area contributed by atoms with E-state index in [2.05, 4.69) is 57.1 Å². The van der Waals surface area contributed by atoms with E-state index in [1.54, 1.807) is 6.92 Å². The Balaban J connectivity index is -0.0000000894. The van der Waals surface area contributed by atoms with Gasteiger partial charge in [-0.15, -0.1) is 0 Å². The Morgan fingerprint density at radius 1 is 0.900 bits per heavy atom. The van der Waals surface area contributed by atoms with Crippen molar-refractivity contribution in [3.05, 3.63) is 0 Å². The van der Waals surface area contributed by atoms with E-state index < -0.39 is 33.3 Å². The molecule has 0 spiro atoms. The van der Waals surface area contributed by atoms with E-state index in [1.165, 1.54) is 51.9 Å². The third-order valence-electron chi connectivity index (χ3n) is 4.71. The first-order valence-electron chi connectivity index (χ1n) is 12.9. The minimum atomic E-state index is -5.15. The molecule has 0 bridgehead atoms. The van der Waals surface area contributed by atoms with Crippen LogP contribution >= 0.6 is 7.82 Å². The van der Waals surface area contributed by atoms with Gasteiger partial charge in [0.05, 0.1) is 21.0 Å². The molecule has 0 saturated carbocycles. The number of ether oxygens (including phenoxy) is 2. The van der Waals surface area contributed by atoms with E-state index in [4.69, 9.17) is 9.84 Å². The van der Waals surface area contributed by atoms with Crippen LogP contribution in [0.1, 0.15) is 105 Å². The number of esters is 1. The van der Waals surface area contributed by atoms with Crippen molar-refractivity contribution in [2.45, 2.75) is 104 Å². The molecule has 2 N–H and O–H groups in total. The molecule has 13 heteroatoms. The van der Waals surface area contributed by atoms with Crippen molar-refractivity contribution in [1.82, 2.24) is 5.32 Å². The Morgan fingerprint density at radius 2 is 1.43 bits per heavy atom. The quantitative estimate of drug-likeness (QED) is 0.0314. The van der Waals surface area contributed by atoms with Crippen molar-refractivity contribution >= 4 is 19.7 Å². The molecule has 0 saturated heterocycles. The van der Waals surface area contributed by atoms with Crippen molar-refractivity contribution in [2.24, 2.45) is 0 Å². The first kappa shape index (κ1) is 46.6. The number of hydrogen-bond donors (Lipinski definition) is 2. The van der Waals surface area contributed by atoms with Crippen LogP contribution in [0, 0.1) is 35.6 Å². The third-order valence-corrected chi connectivity index (χ3v) is 5.17. The van der Waals surface area contributed by atoms with Crippen LogP contribution < -0.4 is 74.2 Å². The van der Waals surface area contributed by atoms with Gasteiger partial charge in [-0.3, -0.25) is 14.9 Å². The van der Waals surface area contributed by atoms with Gasteiger partial charge in [0.15, 0.2) is 0 Å². The zero-order valence-electron chi connectivity index (χ0n) is 24.8. The summed E-state index contributed by atoms with van der Waals surface area (Å²) in [6.45, 7) is 3.81. The molecule has 0 aliphatic rings. The van der Waals surface area contributed by atoms with E-state index in [9.17, 15) is 23.9 Å². The predicted molar refractivity (Wildman–Crippen MR) is 151 cm³/mol. The third kappa shape index (κ3) is 42.1. The second-order valence-electron chi connectivity index (χ2n) is 8.20. The summed E-state index contributed by atoms with van der Waals surface area (Å²) in [5.41, 5.74) is 0. The largest absolute Gasteiger partial charge is 1.00 e. The van der Waals surface area contributed by atoms with Gasteiger partial charge in [-0.25, -0.2) is 0 Å². The van der Waals surface area contributed by atoms with E-state index in [1.807, 2.05) is 0 Å². The molecule has 226 valence electrons. The van der Waals surface area contributed by atoms with Crippen LogP contribution in [-0.2, 0) is 28.2 Å². The van der Waals surface area contributed by atoms with Gasteiger partial charge >= 0.3 is 65.1 Å². The molecular formula is C27H52NNa2O9P. The van der Waals surface area contributed by atoms with E-state index >= 15 is 0 Å². The van der Waals surface area contributed by atoms with Gasteiger partial charge < -0.3 is 33.5 Å². The minimum absolute atomic E-state index is 0. The molecule has 0 rings (SSSR count). The molecule has 0 fully saturated rings. The number of phosphoric ester groups is 1. The molecule has 0 aromatic rings. The summed E-state index contributed by atoms with van der Waals surface area (Å²) in [4.78, 5) is 43.0. The van der Waals surface area contributed by atoms with Crippen molar-refractivity contribution in [3.8, 4) is 35.6 Å². The van der Waals surface area contributed by atoms with Crippen molar-refractivity contribution in [1.29, 1.82) is 0 Å². The number of aliphatic hydroxyl groups excluding tert-OH is 1. The van der Waals surface area contributed by atoms with Crippen LogP contribution in [0.3, 0.4) is 0 Å². The van der Waals surface area contributed by atoms with E-state index in [0.29, 0.717) is 6.42 Å². The first-order valence-corrected chi connectivity index (χ1v) is 14.3. The summed E-state index contributed by atoms with van der Waals surface area (Å²) in [5.74, 6) is 11.7. The fourth-order valence-electron chi connectivity index (χ4n) is 2.93. The smallest absolute Gasteiger partial charge is 0.790 e. The normalized spacial score (nSPS) is 10.2. The number of carbonyl (C=O) groups is 2. The van der Waals surface area contributed by atoms with Crippen LogP contribution in [0.2, 0.25) is 0 Å². The van der Waals surface area contributed by atoms with Crippen LogP contribution in [0.25, 0.3) is 0 Å². The average molecular weight is 612 g/mol. The molecule has 0 heterocycles. The maximum Gasteiger partial charge on any atom is 1.00 e. The number of nitrogens with one attached hydrogen (secondary N) is 1. The molecule has 0 aliphatic carbocycles.